The van der Waals surface area contributed by atoms with Gasteiger partial charge in [0.1, 0.15) is 5.82 Å². The molecule has 0 amide bonds. The van der Waals surface area contributed by atoms with Crippen molar-refractivity contribution in [2.24, 2.45) is 5.73 Å². The minimum atomic E-state index is -0.240. The summed E-state index contributed by atoms with van der Waals surface area (Å²) in [7, 11) is 0. The molecule has 0 aliphatic carbocycles. The highest BCUT2D eigenvalue weighted by atomic mass is 19.1. The Bertz CT molecular complexity index is 332. The van der Waals surface area contributed by atoms with Gasteiger partial charge in [0.05, 0.1) is 12.3 Å². The van der Waals surface area contributed by atoms with Crippen LogP contribution in [-0.2, 0) is 4.74 Å². The average molecular weight is 210 g/mol. The molecule has 2 atom stereocenters. The summed E-state index contributed by atoms with van der Waals surface area (Å²) < 4.78 is 18.6. The lowest BCUT2D eigenvalue weighted by atomic mass is 10.0. The highest BCUT2D eigenvalue weighted by Crippen LogP contribution is 2.17. The Balaban J connectivity index is 2.04. The molecule has 0 aromatic heterocycles. The third-order valence-electron chi connectivity index (χ3n) is 2.62. The fourth-order valence-electron chi connectivity index (χ4n) is 1.72. The first-order chi connectivity index (χ1) is 7.27. The zero-order valence-electron chi connectivity index (χ0n) is 8.45. The lowest BCUT2D eigenvalue weighted by Crippen LogP contribution is -2.47. The summed E-state index contributed by atoms with van der Waals surface area (Å²) in [5.41, 5.74) is 6.38. The smallest absolute Gasteiger partial charge is 0.146 e. The molecule has 0 saturated carbocycles. The van der Waals surface area contributed by atoms with E-state index in [-0.39, 0.29) is 17.9 Å². The molecule has 1 saturated heterocycles. The maximum absolute atomic E-state index is 13.3. The molecule has 82 valence electrons. The van der Waals surface area contributed by atoms with Gasteiger partial charge in [-0.25, -0.2) is 4.39 Å². The zero-order valence-corrected chi connectivity index (χ0v) is 8.45. The second kappa shape index (κ2) is 4.59. The van der Waals surface area contributed by atoms with E-state index >= 15 is 0 Å². The van der Waals surface area contributed by atoms with E-state index in [1.165, 1.54) is 6.07 Å². The van der Waals surface area contributed by atoms with Crippen molar-refractivity contribution in [1.29, 1.82) is 0 Å². The lowest BCUT2D eigenvalue weighted by molar-refractivity contribution is 0.0752. The molecule has 0 radical (unpaired) electrons. The number of hydrogen-bond donors (Lipinski definition) is 2. The standard InChI is InChI=1S/C11H15FN2O/c12-8-3-1-2-4-10(8)14-11-5-6-15-7-9(11)13/h1-4,9,11,14H,5-7,13H2. The SMILES string of the molecule is NC1COCCC1Nc1ccccc1F. The maximum Gasteiger partial charge on any atom is 0.146 e. The molecule has 3 nitrogen and oxygen atoms in total. The summed E-state index contributed by atoms with van der Waals surface area (Å²) in [5, 5.41) is 3.12. The monoisotopic (exact) mass is 210 g/mol. The first-order valence-electron chi connectivity index (χ1n) is 5.12. The molecule has 1 aromatic carbocycles. The van der Waals surface area contributed by atoms with E-state index in [4.69, 9.17) is 10.5 Å². The van der Waals surface area contributed by atoms with Gasteiger partial charge in [-0.15, -0.1) is 0 Å². The van der Waals surface area contributed by atoms with E-state index in [9.17, 15) is 4.39 Å². The molecule has 15 heavy (non-hydrogen) atoms. The van der Waals surface area contributed by atoms with E-state index in [1.54, 1.807) is 18.2 Å². The molecule has 1 aliphatic rings. The third kappa shape index (κ3) is 2.46. The van der Waals surface area contributed by atoms with Gasteiger partial charge in [-0.05, 0) is 18.6 Å². The quantitative estimate of drug-likeness (QED) is 0.774. The number of ether oxygens (including phenoxy) is 1. The molecule has 2 unspecified atom stereocenters. The Morgan fingerprint density at radius 3 is 2.93 bits per heavy atom. The van der Waals surface area contributed by atoms with Crippen LogP contribution >= 0.6 is 0 Å². The number of nitrogens with two attached hydrogens (primary N) is 1. The molecule has 0 spiro atoms. The van der Waals surface area contributed by atoms with Crippen LogP contribution in [0.15, 0.2) is 24.3 Å². The fraction of sp³-hybridized carbons (Fsp3) is 0.455. The van der Waals surface area contributed by atoms with Crippen LogP contribution in [0.5, 0.6) is 0 Å². The van der Waals surface area contributed by atoms with Crippen LogP contribution < -0.4 is 11.1 Å². The molecule has 1 fully saturated rings. The number of nitrogens with one attached hydrogen (secondary N) is 1. The number of rotatable bonds is 2. The lowest BCUT2D eigenvalue weighted by Gasteiger charge is -2.30. The highest BCUT2D eigenvalue weighted by Gasteiger charge is 2.22. The van der Waals surface area contributed by atoms with Crippen LogP contribution in [-0.4, -0.2) is 25.3 Å². The Labute approximate surface area is 88.4 Å². The van der Waals surface area contributed by atoms with Gasteiger partial charge in [-0.1, -0.05) is 12.1 Å². The van der Waals surface area contributed by atoms with Crippen molar-refractivity contribution in [3.8, 4) is 0 Å². The number of hydrogen-bond acceptors (Lipinski definition) is 3. The van der Waals surface area contributed by atoms with Crippen LogP contribution in [0.2, 0.25) is 0 Å². The Hall–Kier alpha value is -1.13. The summed E-state index contributed by atoms with van der Waals surface area (Å²) in [6.45, 7) is 1.21. The minimum absolute atomic E-state index is 0.0710. The number of anilines is 1. The van der Waals surface area contributed by atoms with E-state index < -0.39 is 0 Å². The van der Waals surface area contributed by atoms with Crippen LogP contribution in [0.3, 0.4) is 0 Å². The predicted molar refractivity (Wildman–Crippen MR) is 57.2 cm³/mol. The predicted octanol–water partition coefficient (Wildman–Crippen LogP) is 1.35. The number of benzene rings is 1. The molecule has 0 bridgehead atoms. The van der Waals surface area contributed by atoms with Gasteiger partial charge in [0.25, 0.3) is 0 Å². The molecule has 1 heterocycles. The van der Waals surface area contributed by atoms with Crippen LogP contribution in [0, 0.1) is 5.82 Å². The van der Waals surface area contributed by atoms with Crippen molar-refractivity contribution in [3.63, 3.8) is 0 Å². The van der Waals surface area contributed by atoms with Crippen molar-refractivity contribution < 1.29 is 9.13 Å². The van der Waals surface area contributed by atoms with Crippen molar-refractivity contribution in [2.45, 2.75) is 18.5 Å². The summed E-state index contributed by atoms with van der Waals surface area (Å²) in [6.07, 6.45) is 0.815. The van der Waals surface area contributed by atoms with E-state index in [1.807, 2.05) is 0 Å². The summed E-state index contributed by atoms with van der Waals surface area (Å²) >= 11 is 0. The van der Waals surface area contributed by atoms with Gasteiger partial charge >= 0.3 is 0 Å². The average Bonchev–Trinajstić information content (AvgIpc) is 2.24. The van der Waals surface area contributed by atoms with Crippen LogP contribution in [0.25, 0.3) is 0 Å². The third-order valence-corrected chi connectivity index (χ3v) is 2.62. The van der Waals surface area contributed by atoms with Gasteiger partial charge in [0.15, 0.2) is 0 Å². The van der Waals surface area contributed by atoms with Crippen LogP contribution in [0.4, 0.5) is 10.1 Å². The van der Waals surface area contributed by atoms with E-state index in [0.717, 1.165) is 6.42 Å². The molecule has 1 aliphatic heterocycles. The number of para-hydroxylation sites is 1. The fourth-order valence-corrected chi connectivity index (χ4v) is 1.72. The second-order valence-corrected chi connectivity index (χ2v) is 3.76. The molecule has 1 aromatic rings. The van der Waals surface area contributed by atoms with Crippen molar-refractivity contribution in [2.75, 3.05) is 18.5 Å². The number of halogens is 1. The van der Waals surface area contributed by atoms with Gasteiger partial charge < -0.3 is 15.8 Å². The van der Waals surface area contributed by atoms with Crippen molar-refractivity contribution in [1.82, 2.24) is 0 Å². The first-order valence-corrected chi connectivity index (χ1v) is 5.12. The van der Waals surface area contributed by atoms with E-state index in [2.05, 4.69) is 5.32 Å². The summed E-state index contributed by atoms with van der Waals surface area (Å²) in [5.74, 6) is -0.240. The van der Waals surface area contributed by atoms with Gasteiger partial charge in [0.2, 0.25) is 0 Å². The Morgan fingerprint density at radius 2 is 2.20 bits per heavy atom. The van der Waals surface area contributed by atoms with E-state index in [0.29, 0.717) is 18.9 Å². The van der Waals surface area contributed by atoms with Crippen molar-refractivity contribution in [3.05, 3.63) is 30.1 Å². The van der Waals surface area contributed by atoms with Gasteiger partial charge in [-0.2, -0.15) is 0 Å². The molecular formula is C11H15FN2O. The van der Waals surface area contributed by atoms with Crippen LogP contribution in [0.1, 0.15) is 6.42 Å². The van der Waals surface area contributed by atoms with Gasteiger partial charge in [0, 0.05) is 18.7 Å². The first kappa shape index (κ1) is 10.4. The molecular weight excluding hydrogens is 195 g/mol. The highest BCUT2D eigenvalue weighted by molar-refractivity contribution is 5.45. The molecule has 3 N–H and O–H groups in total. The summed E-state index contributed by atoms with van der Waals surface area (Å²) in [6, 6.07) is 6.65. The minimum Gasteiger partial charge on any atom is -0.380 e. The summed E-state index contributed by atoms with van der Waals surface area (Å²) in [4.78, 5) is 0. The largest absolute Gasteiger partial charge is 0.380 e. The molecule has 4 heteroatoms. The topological polar surface area (TPSA) is 47.3 Å². The Kier molecular flexibility index (Phi) is 3.18. The van der Waals surface area contributed by atoms with Gasteiger partial charge in [-0.3, -0.25) is 0 Å². The molecule has 2 rings (SSSR count). The normalized spacial score (nSPS) is 26.3. The zero-order chi connectivity index (χ0) is 10.7. The second-order valence-electron chi connectivity index (χ2n) is 3.76. The maximum atomic E-state index is 13.3. The van der Waals surface area contributed by atoms with Crippen molar-refractivity contribution >= 4 is 5.69 Å². The Morgan fingerprint density at radius 1 is 1.40 bits per heavy atom.